The fourth-order valence-corrected chi connectivity index (χ4v) is 4.83. The first-order valence-electron chi connectivity index (χ1n) is 9.07. The normalized spacial score (nSPS) is 23.0. The topological polar surface area (TPSA) is 40.2 Å². The first-order chi connectivity index (χ1) is 12.7. The minimum atomic E-state index is 0.321. The molecule has 5 heteroatoms. The molecule has 2 heterocycles. The molecular weight excluding hydrogens is 330 g/mol. The second kappa shape index (κ2) is 5.81. The van der Waals surface area contributed by atoms with Gasteiger partial charge in [-0.3, -0.25) is 4.90 Å². The van der Waals surface area contributed by atoms with E-state index in [1.807, 2.05) is 0 Å². The van der Waals surface area contributed by atoms with E-state index in [1.54, 1.807) is 14.2 Å². The van der Waals surface area contributed by atoms with E-state index in [0.717, 1.165) is 42.4 Å². The number of aryl methyl sites for hydroxylation is 1. The van der Waals surface area contributed by atoms with Gasteiger partial charge in [-0.15, -0.1) is 0 Å². The summed E-state index contributed by atoms with van der Waals surface area (Å²) in [5.41, 5.74) is 5.46. The quantitative estimate of drug-likeness (QED) is 0.824. The fraction of sp³-hybridized carbons (Fsp3) is 0.429. The van der Waals surface area contributed by atoms with Crippen LogP contribution in [0, 0.1) is 0 Å². The number of hydrogen-bond acceptors (Lipinski definition) is 5. The summed E-state index contributed by atoms with van der Waals surface area (Å²) in [6, 6.07) is 9.02. The molecule has 0 radical (unpaired) electrons. The van der Waals surface area contributed by atoms with Gasteiger partial charge < -0.3 is 18.9 Å². The zero-order valence-electron chi connectivity index (χ0n) is 15.4. The maximum atomic E-state index is 5.64. The molecule has 0 fully saturated rings. The predicted octanol–water partition coefficient (Wildman–Crippen LogP) is 3.65. The van der Waals surface area contributed by atoms with E-state index in [4.69, 9.17) is 18.9 Å². The molecule has 3 aliphatic rings. The minimum Gasteiger partial charge on any atom is -0.493 e. The van der Waals surface area contributed by atoms with Gasteiger partial charge in [-0.2, -0.15) is 0 Å². The van der Waals surface area contributed by atoms with Gasteiger partial charge in [-0.1, -0.05) is 0 Å². The first-order valence-corrected chi connectivity index (χ1v) is 9.07. The van der Waals surface area contributed by atoms with Gasteiger partial charge >= 0.3 is 0 Å². The van der Waals surface area contributed by atoms with Crippen molar-refractivity contribution in [3.63, 3.8) is 0 Å². The van der Waals surface area contributed by atoms with Crippen molar-refractivity contribution in [2.75, 3.05) is 28.1 Å². The molecule has 0 saturated heterocycles. The van der Waals surface area contributed by atoms with Crippen LogP contribution in [0.15, 0.2) is 24.3 Å². The fourth-order valence-electron chi connectivity index (χ4n) is 4.83. The van der Waals surface area contributed by atoms with Crippen LogP contribution in [0.5, 0.6) is 23.0 Å². The lowest BCUT2D eigenvalue weighted by Crippen LogP contribution is -2.37. The van der Waals surface area contributed by atoms with E-state index in [2.05, 4.69) is 36.2 Å². The third-order valence-electron chi connectivity index (χ3n) is 6.00. The number of rotatable bonds is 2. The van der Waals surface area contributed by atoms with Gasteiger partial charge in [-0.25, -0.2) is 0 Å². The van der Waals surface area contributed by atoms with Crippen molar-refractivity contribution in [3.05, 3.63) is 46.5 Å². The van der Waals surface area contributed by atoms with Crippen LogP contribution in [0.25, 0.3) is 0 Å². The van der Waals surface area contributed by atoms with Gasteiger partial charge in [-0.05, 0) is 66.4 Å². The number of hydrogen-bond donors (Lipinski definition) is 0. The average molecular weight is 353 g/mol. The monoisotopic (exact) mass is 353 g/mol. The smallest absolute Gasteiger partial charge is 0.231 e. The number of methoxy groups -OCH3 is 2. The van der Waals surface area contributed by atoms with Crippen LogP contribution in [-0.2, 0) is 13.0 Å². The zero-order chi connectivity index (χ0) is 17.8. The summed E-state index contributed by atoms with van der Waals surface area (Å²) < 4.78 is 22.3. The molecule has 5 nitrogen and oxygen atoms in total. The van der Waals surface area contributed by atoms with Crippen molar-refractivity contribution in [3.8, 4) is 23.0 Å². The molecule has 2 atom stereocenters. The summed E-state index contributed by atoms with van der Waals surface area (Å²) >= 11 is 0. The van der Waals surface area contributed by atoms with Crippen molar-refractivity contribution in [2.45, 2.75) is 31.3 Å². The molecule has 5 rings (SSSR count). The molecule has 26 heavy (non-hydrogen) atoms. The summed E-state index contributed by atoms with van der Waals surface area (Å²) in [4.78, 5) is 2.44. The van der Waals surface area contributed by atoms with E-state index in [1.165, 1.54) is 22.3 Å². The van der Waals surface area contributed by atoms with Crippen LogP contribution in [0.3, 0.4) is 0 Å². The Morgan fingerprint density at radius 1 is 0.923 bits per heavy atom. The maximum Gasteiger partial charge on any atom is 0.231 e. The Kier molecular flexibility index (Phi) is 3.54. The lowest BCUT2D eigenvalue weighted by molar-refractivity contribution is 0.168. The van der Waals surface area contributed by atoms with Gasteiger partial charge in [0.1, 0.15) is 0 Å². The highest BCUT2D eigenvalue weighted by molar-refractivity contribution is 5.55. The molecular formula is C21H23NO4. The Morgan fingerprint density at radius 2 is 1.65 bits per heavy atom. The number of ether oxygens (including phenoxy) is 4. The number of likely N-dealkylation sites (N-methyl/N-ethyl adjacent to an activating group) is 1. The molecule has 1 aliphatic carbocycles. The Balaban J connectivity index is 1.62. The molecule has 2 aromatic rings. The molecule has 136 valence electrons. The van der Waals surface area contributed by atoms with E-state index in [0.29, 0.717) is 18.8 Å². The van der Waals surface area contributed by atoms with Gasteiger partial charge in [0.2, 0.25) is 6.79 Å². The first kappa shape index (κ1) is 15.8. The van der Waals surface area contributed by atoms with Crippen LogP contribution in [0.2, 0.25) is 0 Å². The molecule has 0 N–H and O–H groups in total. The van der Waals surface area contributed by atoms with Crippen LogP contribution >= 0.6 is 0 Å². The minimum absolute atomic E-state index is 0.321. The van der Waals surface area contributed by atoms with E-state index in [-0.39, 0.29) is 0 Å². The number of nitrogens with zero attached hydrogens (tertiary/aromatic N) is 1. The predicted molar refractivity (Wildman–Crippen MR) is 97.4 cm³/mol. The van der Waals surface area contributed by atoms with Crippen LogP contribution in [0.1, 0.15) is 40.6 Å². The van der Waals surface area contributed by atoms with E-state index < -0.39 is 0 Å². The molecule has 0 bridgehead atoms. The Hall–Kier alpha value is -2.40. The van der Waals surface area contributed by atoms with Gasteiger partial charge in [0.05, 0.1) is 14.2 Å². The molecule has 2 aliphatic heterocycles. The van der Waals surface area contributed by atoms with Crippen molar-refractivity contribution >= 4 is 0 Å². The number of benzene rings is 2. The molecule has 0 saturated carbocycles. The van der Waals surface area contributed by atoms with E-state index in [9.17, 15) is 0 Å². The highest BCUT2D eigenvalue weighted by Crippen LogP contribution is 2.52. The van der Waals surface area contributed by atoms with Crippen molar-refractivity contribution in [1.82, 2.24) is 4.90 Å². The van der Waals surface area contributed by atoms with Crippen LogP contribution in [0.4, 0.5) is 0 Å². The highest BCUT2D eigenvalue weighted by atomic mass is 16.7. The van der Waals surface area contributed by atoms with Crippen LogP contribution in [-0.4, -0.2) is 33.0 Å². The Morgan fingerprint density at radius 3 is 2.42 bits per heavy atom. The lowest BCUT2D eigenvalue weighted by Gasteiger charge is -2.44. The third kappa shape index (κ3) is 2.20. The standard InChI is InChI=1S/C21H23NO4/c1-22-10-13-7-17(23-2)18(24-3)8-15(13)14-5-4-12-6-19-20(26-11-25-19)9-16(12)21(14)22/h6-9,14,21H,4-5,10-11H2,1-3H3. The molecule has 0 aromatic heterocycles. The maximum absolute atomic E-state index is 5.64. The van der Waals surface area contributed by atoms with Gasteiger partial charge in [0.25, 0.3) is 0 Å². The largest absolute Gasteiger partial charge is 0.493 e. The SMILES string of the molecule is COc1cc2c(cc1OC)C1CCc3cc4c(cc3C1N(C)C2)OCO4. The second-order valence-electron chi connectivity index (χ2n) is 7.32. The summed E-state index contributed by atoms with van der Waals surface area (Å²) in [5, 5.41) is 0. The second-order valence-corrected chi connectivity index (χ2v) is 7.32. The Labute approximate surface area is 153 Å². The summed E-state index contributed by atoms with van der Waals surface area (Å²) in [5.74, 6) is 3.81. The summed E-state index contributed by atoms with van der Waals surface area (Å²) in [6.07, 6.45) is 2.17. The zero-order valence-corrected chi connectivity index (χ0v) is 15.4. The lowest BCUT2D eigenvalue weighted by atomic mass is 9.72. The highest BCUT2D eigenvalue weighted by Gasteiger charge is 2.39. The van der Waals surface area contributed by atoms with Crippen LogP contribution < -0.4 is 18.9 Å². The van der Waals surface area contributed by atoms with Crippen molar-refractivity contribution in [2.24, 2.45) is 0 Å². The summed E-state index contributed by atoms with van der Waals surface area (Å²) in [6.45, 7) is 1.22. The summed E-state index contributed by atoms with van der Waals surface area (Å²) in [7, 11) is 5.60. The van der Waals surface area contributed by atoms with Gasteiger partial charge in [0, 0.05) is 18.5 Å². The third-order valence-corrected chi connectivity index (χ3v) is 6.00. The molecule has 2 aromatic carbocycles. The van der Waals surface area contributed by atoms with Gasteiger partial charge in [0.15, 0.2) is 23.0 Å². The molecule has 0 spiro atoms. The molecule has 0 amide bonds. The van der Waals surface area contributed by atoms with Crippen molar-refractivity contribution < 1.29 is 18.9 Å². The van der Waals surface area contributed by atoms with E-state index >= 15 is 0 Å². The van der Waals surface area contributed by atoms with Crippen molar-refractivity contribution in [1.29, 1.82) is 0 Å². The Bertz CT molecular complexity index is 879. The number of fused-ring (bicyclic) bond motifs is 6. The average Bonchev–Trinajstić information content (AvgIpc) is 3.12. The molecule has 2 unspecified atom stereocenters.